The molecule has 1 aromatic heterocycles. The molecule has 5 nitrogen and oxygen atoms in total. The van der Waals surface area contributed by atoms with Gasteiger partial charge in [0.25, 0.3) is 5.91 Å². The smallest absolute Gasteiger partial charge is 0.344 e. The van der Waals surface area contributed by atoms with Crippen molar-refractivity contribution in [3.05, 3.63) is 52.2 Å². The summed E-state index contributed by atoms with van der Waals surface area (Å²) in [6.07, 6.45) is 0. The van der Waals surface area contributed by atoms with E-state index in [2.05, 4.69) is 26.1 Å². The summed E-state index contributed by atoms with van der Waals surface area (Å²) in [4.78, 5) is 24.3. The predicted molar refractivity (Wildman–Crippen MR) is 97.8 cm³/mol. The van der Waals surface area contributed by atoms with E-state index in [1.165, 1.54) is 5.56 Å². The minimum atomic E-state index is -0.578. The molecule has 1 aromatic carbocycles. The van der Waals surface area contributed by atoms with E-state index in [4.69, 9.17) is 9.47 Å². The summed E-state index contributed by atoms with van der Waals surface area (Å²) >= 11 is 1.55. The van der Waals surface area contributed by atoms with Crippen molar-refractivity contribution in [2.75, 3.05) is 13.2 Å². The van der Waals surface area contributed by atoms with Crippen molar-refractivity contribution in [1.29, 1.82) is 0 Å². The molecular weight excluding hydrogens is 338 g/mol. The zero-order valence-corrected chi connectivity index (χ0v) is 15.5. The van der Waals surface area contributed by atoms with Crippen molar-refractivity contribution in [2.45, 2.75) is 32.7 Å². The van der Waals surface area contributed by atoms with Crippen LogP contribution in [0.25, 0.3) is 0 Å². The molecule has 0 bridgehead atoms. The van der Waals surface area contributed by atoms with E-state index in [1.807, 2.05) is 41.8 Å². The molecule has 1 heterocycles. The fraction of sp³-hybridized carbons (Fsp3) is 0.368. The Bertz CT molecular complexity index is 687. The molecule has 0 aliphatic rings. The Kier molecular flexibility index (Phi) is 6.58. The molecule has 0 unspecified atom stereocenters. The lowest BCUT2D eigenvalue weighted by Crippen LogP contribution is -2.29. The number of amides is 1. The molecule has 134 valence electrons. The molecule has 0 saturated carbocycles. The van der Waals surface area contributed by atoms with Crippen LogP contribution >= 0.6 is 11.3 Å². The normalized spacial score (nSPS) is 11.0. The molecule has 2 rings (SSSR count). The van der Waals surface area contributed by atoms with Gasteiger partial charge in [0.15, 0.2) is 13.2 Å². The van der Waals surface area contributed by atoms with Gasteiger partial charge in [0.2, 0.25) is 0 Å². The van der Waals surface area contributed by atoms with E-state index in [9.17, 15) is 9.59 Å². The largest absolute Gasteiger partial charge is 0.482 e. The van der Waals surface area contributed by atoms with Gasteiger partial charge >= 0.3 is 5.97 Å². The highest BCUT2D eigenvalue weighted by Crippen LogP contribution is 2.24. The van der Waals surface area contributed by atoms with Crippen molar-refractivity contribution in [3.63, 3.8) is 0 Å². The second kappa shape index (κ2) is 8.67. The number of benzene rings is 1. The van der Waals surface area contributed by atoms with Crippen molar-refractivity contribution in [3.8, 4) is 5.75 Å². The van der Waals surface area contributed by atoms with Gasteiger partial charge < -0.3 is 14.8 Å². The standard InChI is InChI=1S/C19H23NO4S/c1-19(2,3)14-6-8-15(9-7-14)23-13-18(22)24-12-17(21)20-11-16-5-4-10-25-16/h4-10H,11-13H2,1-3H3,(H,20,21). The number of thiophene rings is 1. The minimum Gasteiger partial charge on any atom is -0.482 e. The molecule has 25 heavy (non-hydrogen) atoms. The number of nitrogens with one attached hydrogen (secondary N) is 1. The fourth-order valence-corrected chi connectivity index (χ4v) is 2.68. The molecule has 1 amide bonds. The van der Waals surface area contributed by atoms with Gasteiger partial charge in [0, 0.05) is 4.88 Å². The third kappa shape index (κ3) is 6.58. The van der Waals surface area contributed by atoms with Crippen LogP contribution in [0.5, 0.6) is 5.75 Å². The zero-order chi connectivity index (χ0) is 18.3. The molecule has 0 spiro atoms. The summed E-state index contributed by atoms with van der Waals surface area (Å²) in [5, 5.41) is 4.63. The van der Waals surface area contributed by atoms with Crippen LogP contribution in [0.15, 0.2) is 41.8 Å². The van der Waals surface area contributed by atoms with Gasteiger partial charge in [-0.05, 0) is 34.6 Å². The number of ether oxygens (including phenoxy) is 2. The van der Waals surface area contributed by atoms with E-state index in [-0.39, 0.29) is 24.5 Å². The fourth-order valence-electron chi connectivity index (χ4n) is 2.03. The van der Waals surface area contributed by atoms with Gasteiger partial charge in [-0.3, -0.25) is 4.79 Å². The number of rotatable bonds is 7. The summed E-state index contributed by atoms with van der Waals surface area (Å²) in [6, 6.07) is 11.4. The van der Waals surface area contributed by atoms with Gasteiger partial charge in [-0.15, -0.1) is 11.3 Å². The topological polar surface area (TPSA) is 64.6 Å². The lowest BCUT2D eigenvalue weighted by atomic mass is 9.87. The van der Waals surface area contributed by atoms with Gasteiger partial charge in [0.05, 0.1) is 6.54 Å². The van der Waals surface area contributed by atoms with E-state index >= 15 is 0 Å². The van der Waals surface area contributed by atoms with Crippen molar-refractivity contribution < 1.29 is 19.1 Å². The Labute approximate surface area is 152 Å². The Morgan fingerprint density at radius 3 is 2.40 bits per heavy atom. The van der Waals surface area contributed by atoms with Gasteiger partial charge in [-0.1, -0.05) is 39.0 Å². The number of esters is 1. The Morgan fingerprint density at radius 1 is 1.08 bits per heavy atom. The highest BCUT2D eigenvalue weighted by Gasteiger charge is 2.13. The van der Waals surface area contributed by atoms with E-state index in [0.29, 0.717) is 12.3 Å². The maximum atomic E-state index is 11.7. The monoisotopic (exact) mass is 361 g/mol. The first kappa shape index (κ1) is 19.0. The molecular formula is C19H23NO4S. The van der Waals surface area contributed by atoms with Crippen molar-refractivity contribution in [2.24, 2.45) is 0 Å². The SMILES string of the molecule is CC(C)(C)c1ccc(OCC(=O)OCC(=O)NCc2cccs2)cc1. The van der Waals surface area contributed by atoms with Crippen molar-refractivity contribution >= 4 is 23.2 Å². The number of carbonyl (C=O) groups is 2. The maximum absolute atomic E-state index is 11.7. The molecule has 0 atom stereocenters. The first-order valence-electron chi connectivity index (χ1n) is 8.02. The molecule has 0 radical (unpaired) electrons. The zero-order valence-electron chi connectivity index (χ0n) is 14.7. The second-order valence-corrected chi connectivity index (χ2v) is 7.61. The first-order chi connectivity index (χ1) is 11.8. The van der Waals surface area contributed by atoms with Crippen LogP contribution in [-0.4, -0.2) is 25.1 Å². The van der Waals surface area contributed by atoms with E-state index in [1.54, 1.807) is 11.3 Å². The van der Waals surface area contributed by atoms with Gasteiger partial charge in [0.1, 0.15) is 5.75 Å². The van der Waals surface area contributed by atoms with Crippen LogP contribution in [-0.2, 0) is 26.3 Å². The summed E-state index contributed by atoms with van der Waals surface area (Å²) in [6.45, 7) is 6.28. The summed E-state index contributed by atoms with van der Waals surface area (Å²) < 4.78 is 10.3. The average Bonchev–Trinajstić information content (AvgIpc) is 3.09. The lowest BCUT2D eigenvalue weighted by Gasteiger charge is -2.19. The summed E-state index contributed by atoms with van der Waals surface area (Å²) in [5.74, 6) is -0.324. The van der Waals surface area contributed by atoms with Crippen LogP contribution in [0.3, 0.4) is 0 Å². The van der Waals surface area contributed by atoms with E-state index in [0.717, 1.165) is 4.88 Å². The number of hydrogen-bond donors (Lipinski definition) is 1. The molecule has 2 aromatic rings. The molecule has 0 saturated heterocycles. The highest BCUT2D eigenvalue weighted by atomic mass is 32.1. The van der Waals surface area contributed by atoms with Crippen LogP contribution in [0.2, 0.25) is 0 Å². The molecule has 0 aliphatic carbocycles. The van der Waals surface area contributed by atoms with Crippen LogP contribution < -0.4 is 10.1 Å². The quantitative estimate of drug-likeness (QED) is 0.769. The molecule has 0 fully saturated rings. The van der Waals surface area contributed by atoms with Crippen molar-refractivity contribution in [1.82, 2.24) is 5.32 Å². The Morgan fingerprint density at radius 2 is 1.80 bits per heavy atom. The third-order valence-corrected chi connectivity index (χ3v) is 4.36. The Balaban J connectivity index is 1.67. The third-order valence-electron chi connectivity index (χ3n) is 3.48. The van der Waals surface area contributed by atoms with Crippen LogP contribution in [0, 0.1) is 0 Å². The molecule has 1 N–H and O–H groups in total. The predicted octanol–water partition coefficient (Wildman–Crippen LogP) is 3.28. The second-order valence-electron chi connectivity index (χ2n) is 6.58. The lowest BCUT2D eigenvalue weighted by molar-refractivity contribution is -0.150. The van der Waals surface area contributed by atoms with Gasteiger partial charge in [-0.25, -0.2) is 4.79 Å². The van der Waals surface area contributed by atoms with Crippen LogP contribution in [0.4, 0.5) is 0 Å². The number of hydrogen-bond acceptors (Lipinski definition) is 5. The highest BCUT2D eigenvalue weighted by molar-refractivity contribution is 7.09. The maximum Gasteiger partial charge on any atom is 0.344 e. The van der Waals surface area contributed by atoms with Crippen LogP contribution in [0.1, 0.15) is 31.2 Å². The Hall–Kier alpha value is -2.34. The summed E-state index contributed by atoms with van der Waals surface area (Å²) in [5.41, 5.74) is 1.25. The summed E-state index contributed by atoms with van der Waals surface area (Å²) in [7, 11) is 0. The molecule has 0 aliphatic heterocycles. The first-order valence-corrected chi connectivity index (χ1v) is 8.90. The molecule has 6 heteroatoms. The minimum absolute atomic E-state index is 0.0634. The average molecular weight is 361 g/mol. The van der Waals surface area contributed by atoms with E-state index < -0.39 is 5.97 Å². The number of carbonyl (C=O) groups excluding carboxylic acids is 2. The van der Waals surface area contributed by atoms with Gasteiger partial charge in [-0.2, -0.15) is 0 Å².